The standard InChI is InChI=1S/C16H11F6NO2/c1-8(25-10-4-2-9(3-5-10)16(20,21)22)15(24)23-12-7-6-11(17)13(18)14(12)19/h2-8H,1H3,(H,23,24)/t8-/m0/s1. The zero-order chi connectivity index (χ0) is 18.8. The number of nitrogens with one attached hydrogen (secondary N) is 1. The second-order valence-electron chi connectivity index (χ2n) is 4.99. The van der Waals surface area contributed by atoms with Gasteiger partial charge in [0.1, 0.15) is 5.75 Å². The van der Waals surface area contributed by atoms with E-state index in [9.17, 15) is 31.1 Å². The lowest BCUT2D eigenvalue weighted by Gasteiger charge is -2.16. The molecule has 134 valence electrons. The van der Waals surface area contributed by atoms with Gasteiger partial charge in [0.2, 0.25) is 0 Å². The lowest BCUT2D eigenvalue weighted by atomic mass is 10.2. The molecule has 2 aromatic rings. The van der Waals surface area contributed by atoms with Crippen LogP contribution in [0.5, 0.6) is 5.75 Å². The molecule has 0 saturated carbocycles. The molecule has 0 heterocycles. The lowest BCUT2D eigenvalue weighted by Crippen LogP contribution is -2.30. The third-order valence-corrected chi connectivity index (χ3v) is 3.16. The predicted molar refractivity (Wildman–Crippen MR) is 76.5 cm³/mol. The summed E-state index contributed by atoms with van der Waals surface area (Å²) in [5, 5.41) is 2.01. The van der Waals surface area contributed by atoms with E-state index in [1.165, 1.54) is 6.92 Å². The van der Waals surface area contributed by atoms with Crippen molar-refractivity contribution in [1.29, 1.82) is 0 Å². The number of anilines is 1. The number of carbonyl (C=O) groups excluding carboxylic acids is 1. The van der Waals surface area contributed by atoms with Gasteiger partial charge in [-0.2, -0.15) is 13.2 Å². The molecule has 3 nitrogen and oxygen atoms in total. The van der Waals surface area contributed by atoms with Gasteiger partial charge in [-0.25, -0.2) is 13.2 Å². The SMILES string of the molecule is C[C@H](Oc1ccc(C(F)(F)F)cc1)C(=O)Nc1ccc(F)c(F)c1F. The van der Waals surface area contributed by atoms with Crippen LogP contribution < -0.4 is 10.1 Å². The Labute approximate surface area is 138 Å². The van der Waals surface area contributed by atoms with Crippen molar-refractivity contribution < 1.29 is 35.9 Å². The summed E-state index contributed by atoms with van der Waals surface area (Å²) in [6.07, 6.45) is -5.74. The van der Waals surface area contributed by atoms with E-state index in [1.807, 2.05) is 5.32 Å². The molecule has 0 aromatic heterocycles. The summed E-state index contributed by atoms with van der Waals surface area (Å²) < 4.78 is 81.9. The molecule has 0 fully saturated rings. The van der Waals surface area contributed by atoms with Crippen molar-refractivity contribution in [3.63, 3.8) is 0 Å². The smallest absolute Gasteiger partial charge is 0.416 e. The van der Waals surface area contributed by atoms with Gasteiger partial charge in [0.05, 0.1) is 11.3 Å². The van der Waals surface area contributed by atoms with Gasteiger partial charge in [-0.1, -0.05) is 0 Å². The Morgan fingerprint density at radius 3 is 2.16 bits per heavy atom. The number of hydrogen-bond donors (Lipinski definition) is 1. The maximum absolute atomic E-state index is 13.5. The number of alkyl halides is 3. The second kappa shape index (κ2) is 7.04. The van der Waals surface area contributed by atoms with E-state index in [0.29, 0.717) is 6.07 Å². The number of amides is 1. The molecule has 9 heteroatoms. The highest BCUT2D eigenvalue weighted by molar-refractivity contribution is 5.94. The van der Waals surface area contributed by atoms with E-state index < -0.39 is 46.9 Å². The van der Waals surface area contributed by atoms with Crippen molar-refractivity contribution in [3.05, 3.63) is 59.4 Å². The molecule has 1 N–H and O–H groups in total. The first-order valence-corrected chi connectivity index (χ1v) is 6.88. The molecule has 2 aromatic carbocycles. The van der Waals surface area contributed by atoms with Crippen molar-refractivity contribution in [2.75, 3.05) is 5.32 Å². The maximum Gasteiger partial charge on any atom is 0.416 e. The highest BCUT2D eigenvalue weighted by Crippen LogP contribution is 2.30. The van der Waals surface area contributed by atoms with Crippen LogP contribution in [0.25, 0.3) is 0 Å². The van der Waals surface area contributed by atoms with Crippen molar-refractivity contribution in [2.24, 2.45) is 0 Å². The fraction of sp³-hybridized carbons (Fsp3) is 0.188. The first-order valence-electron chi connectivity index (χ1n) is 6.88. The Morgan fingerprint density at radius 2 is 1.60 bits per heavy atom. The van der Waals surface area contributed by atoms with Crippen LogP contribution in [0.2, 0.25) is 0 Å². The number of hydrogen-bond acceptors (Lipinski definition) is 2. The van der Waals surface area contributed by atoms with Crippen LogP contribution in [0.4, 0.5) is 32.0 Å². The summed E-state index contributed by atoms with van der Waals surface area (Å²) in [6.45, 7) is 1.25. The van der Waals surface area contributed by atoms with Crippen LogP contribution in [0.1, 0.15) is 12.5 Å². The van der Waals surface area contributed by atoms with Crippen LogP contribution >= 0.6 is 0 Å². The predicted octanol–water partition coefficient (Wildman–Crippen LogP) is 4.53. The Morgan fingerprint density at radius 1 is 1.00 bits per heavy atom. The van der Waals surface area contributed by atoms with E-state index in [1.54, 1.807) is 0 Å². The second-order valence-corrected chi connectivity index (χ2v) is 4.99. The van der Waals surface area contributed by atoms with Gasteiger partial charge in [0.25, 0.3) is 5.91 Å². The highest BCUT2D eigenvalue weighted by atomic mass is 19.4. The maximum atomic E-state index is 13.5. The van der Waals surface area contributed by atoms with Crippen LogP contribution in [0.3, 0.4) is 0 Å². The van der Waals surface area contributed by atoms with Gasteiger partial charge < -0.3 is 10.1 Å². The van der Waals surface area contributed by atoms with Crippen molar-refractivity contribution in [3.8, 4) is 5.75 Å². The molecule has 2 rings (SSSR count). The minimum Gasteiger partial charge on any atom is -0.481 e. The fourth-order valence-electron chi connectivity index (χ4n) is 1.84. The van der Waals surface area contributed by atoms with Gasteiger partial charge in [-0.15, -0.1) is 0 Å². The summed E-state index contributed by atoms with van der Waals surface area (Å²) in [5.41, 5.74) is -1.48. The Balaban J connectivity index is 2.04. The summed E-state index contributed by atoms with van der Waals surface area (Å²) in [7, 11) is 0. The van der Waals surface area contributed by atoms with Gasteiger partial charge in [-0.05, 0) is 43.3 Å². The topological polar surface area (TPSA) is 38.3 Å². The minimum atomic E-state index is -4.51. The van der Waals surface area contributed by atoms with Crippen LogP contribution in [-0.4, -0.2) is 12.0 Å². The number of ether oxygens (including phenoxy) is 1. The van der Waals surface area contributed by atoms with Crippen molar-refractivity contribution in [2.45, 2.75) is 19.2 Å². The molecule has 0 aliphatic rings. The largest absolute Gasteiger partial charge is 0.481 e. The van der Waals surface area contributed by atoms with Gasteiger partial charge in [0.15, 0.2) is 23.6 Å². The summed E-state index contributed by atoms with van der Waals surface area (Å²) in [5.74, 6) is -5.65. The van der Waals surface area contributed by atoms with Crippen LogP contribution in [0, 0.1) is 17.5 Å². The molecular weight excluding hydrogens is 352 g/mol. The molecule has 0 aliphatic heterocycles. The lowest BCUT2D eigenvalue weighted by molar-refractivity contribution is -0.137. The fourth-order valence-corrected chi connectivity index (χ4v) is 1.84. The number of rotatable bonds is 4. The number of benzene rings is 2. The van der Waals surface area contributed by atoms with E-state index in [0.717, 1.165) is 30.3 Å². The quantitative estimate of drug-likeness (QED) is 0.640. The van der Waals surface area contributed by atoms with Gasteiger partial charge in [0, 0.05) is 0 Å². The Hall–Kier alpha value is -2.71. The zero-order valence-corrected chi connectivity index (χ0v) is 12.6. The minimum absolute atomic E-state index is 0.0265. The number of carbonyl (C=O) groups is 1. The molecule has 0 bridgehead atoms. The molecular formula is C16H11F6NO2. The Bertz CT molecular complexity index is 773. The normalized spacial score (nSPS) is 12.6. The molecule has 0 unspecified atom stereocenters. The van der Waals surface area contributed by atoms with Crippen molar-refractivity contribution in [1.82, 2.24) is 0 Å². The molecule has 1 atom stereocenters. The number of halogens is 6. The molecule has 0 saturated heterocycles. The molecule has 0 spiro atoms. The van der Waals surface area contributed by atoms with Crippen LogP contribution in [-0.2, 0) is 11.0 Å². The zero-order valence-electron chi connectivity index (χ0n) is 12.6. The third-order valence-electron chi connectivity index (χ3n) is 3.16. The van der Waals surface area contributed by atoms with Crippen molar-refractivity contribution >= 4 is 11.6 Å². The average molecular weight is 363 g/mol. The van der Waals surface area contributed by atoms with E-state index >= 15 is 0 Å². The molecule has 0 radical (unpaired) electrons. The van der Waals surface area contributed by atoms with E-state index in [-0.39, 0.29) is 5.75 Å². The van der Waals surface area contributed by atoms with Gasteiger partial charge >= 0.3 is 6.18 Å². The van der Waals surface area contributed by atoms with Crippen LogP contribution in [0.15, 0.2) is 36.4 Å². The summed E-state index contributed by atoms with van der Waals surface area (Å²) >= 11 is 0. The van der Waals surface area contributed by atoms with E-state index in [2.05, 4.69) is 0 Å². The monoisotopic (exact) mass is 363 g/mol. The molecule has 0 aliphatic carbocycles. The van der Waals surface area contributed by atoms with E-state index in [4.69, 9.17) is 4.74 Å². The summed E-state index contributed by atoms with van der Waals surface area (Å²) in [4.78, 5) is 11.9. The molecule has 25 heavy (non-hydrogen) atoms. The summed E-state index contributed by atoms with van der Waals surface area (Å²) in [6, 6.07) is 5.05. The molecule has 1 amide bonds. The first-order chi connectivity index (χ1) is 11.6. The van der Waals surface area contributed by atoms with Gasteiger partial charge in [-0.3, -0.25) is 4.79 Å². The third kappa shape index (κ3) is 4.43. The average Bonchev–Trinajstić information content (AvgIpc) is 2.55. The highest BCUT2D eigenvalue weighted by Gasteiger charge is 2.30. The first kappa shape index (κ1) is 18.6. The Kier molecular flexibility index (Phi) is 5.24.